The molecule has 0 amide bonds. The van der Waals surface area contributed by atoms with E-state index in [1.165, 1.54) is 0 Å². The number of ether oxygens (including phenoxy) is 1. The Hall–Kier alpha value is -1.06. The molecule has 0 aromatic rings. The molecule has 1 aliphatic carbocycles. The number of carboxylic acids is 1. The molecule has 0 radical (unpaired) electrons. The summed E-state index contributed by atoms with van der Waals surface area (Å²) < 4.78 is 4.97. The van der Waals surface area contributed by atoms with E-state index in [0.717, 1.165) is 25.7 Å². The lowest BCUT2D eigenvalue weighted by Gasteiger charge is -2.08. The van der Waals surface area contributed by atoms with Crippen molar-refractivity contribution in [1.29, 1.82) is 0 Å². The van der Waals surface area contributed by atoms with Gasteiger partial charge >= 0.3 is 11.9 Å². The van der Waals surface area contributed by atoms with E-state index in [9.17, 15) is 9.59 Å². The van der Waals surface area contributed by atoms with Crippen LogP contribution in [0.3, 0.4) is 0 Å². The SMILES string of the molecule is O=C(O)CCCOC(=O)C1CCCC1. The molecular formula is C10H16O4. The van der Waals surface area contributed by atoms with E-state index in [2.05, 4.69) is 0 Å². The van der Waals surface area contributed by atoms with Gasteiger partial charge in [-0.3, -0.25) is 9.59 Å². The zero-order valence-electron chi connectivity index (χ0n) is 8.20. The molecule has 0 bridgehead atoms. The number of hydrogen-bond donors (Lipinski definition) is 1. The van der Waals surface area contributed by atoms with Gasteiger partial charge < -0.3 is 9.84 Å². The Morgan fingerprint density at radius 2 is 1.93 bits per heavy atom. The van der Waals surface area contributed by atoms with Gasteiger partial charge in [0.2, 0.25) is 0 Å². The number of hydrogen-bond acceptors (Lipinski definition) is 3. The molecule has 1 N–H and O–H groups in total. The zero-order valence-corrected chi connectivity index (χ0v) is 8.20. The number of rotatable bonds is 5. The Labute approximate surface area is 83.2 Å². The lowest BCUT2D eigenvalue weighted by atomic mass is 10.1. The molecule has 1 rings (SSSR count). The minimum absolute atomic E-state index is 0.0674. The van der Waals surface area contributed by atoms with Crippen molar-refractivity contribution in [2.45, 2.75) is 38.5 Å². The summed E-state index contributed by atoms with van der Waals surface area (Å²) in [4.78, 5) is 21.5. The van der Waals surface area contributed by atoms with Crippen molar-refractivity contribution >= 4 is 11.9 Å². The quantitative estimate of drug-likeness (QED) is 0.540. The molecule has 0 spiro atoms. The Morgan fingerprint density at radius 3 is 2.50 bits per heavy atom. The molecule has 0 heterocycles. The van der Waals surface area contributed by atoms with Gasteiger partial charge in [-0.25, -0.2) is 0 Å². The Bertz CT molecular complexity index is 206. The third-order valence-corrected chi connectivity index (χ3v) is 2.47. The van der Waals surface area contributed by atoms with Gasteiger partial charge in [-0.2, -0.15) is 0 Å². The molecule has 1 saturated carbocycles. The maximum absolute atomic E-state index is 11.3. The maximum Gasteiger partial charge on any atom is 0.308 e. The summed E-state index contributed by atoms with van der Waals surface area (Å²) in [5.74, 6) is -0.922. The molecule has 80 valence electrons. The minimum Gasteiger partial charge on any atom is -0.481 e. The van der Waals surface area contributed by atoms with Crippen LogP contribution in [0.15, 0.2) is 0 Å². The van der Waals surface area contributed by atoms with Crippen LogP contribution in [0.2, 0.25) is 0 Å². The molecule has 0 aromatic heterocycles. The lowest BCUT2D eigenvalue weighted by Crippen LogP contribution is -2.15. The van der Waals surface area contributed by atoms with Crippen molar-refractivity contribution in [3.63, 3.8) is 0 Å². The number of aliphatic carboxylic acids is 1. The van der Waals surface area contributed by atoms with Crippen molar-refractivity contribution in [3.8, 4) is 0 Å². The van der Waals surface area contributed by atoms with Gasteiger partial charge in [0.15, 0.2) is 0 Å². The molecule has 0 unspecified atom stereocenters. The van der Waals surface area contributed by atoms with E-state index in [0.29, 0.717) is 6.42 Å². The summed E-state index contributed by atoms with van der Waals surface area (Å²) in [6, 6.07) is 0. The van der Waals surface area contributed by atoms with Crippen LogP contribution >= 0.6 is 0 Å². The van der Waals surface area contributed by atoms with Crippen molar-refractivity contribution in [1.82, 2.24) is 0 Å². The molecular weight excluding hydrogens is 184 g/mol. The van der Waals surface area contributed by atoms with Gasteiger partial charge in [0.25, 0.3) is 0 Å². The monoisotopic (exact) mass is 200 g/mol. The summed E-state index contributed by atoms with van der Waals surface area (Å²) in [5.41, 5.74) is 0. The van der Waals surface area contributed by atoms with E-state index in [1.54, 1.807) is 0 Å². The zero-order chi connectivity index (χ0) is 10.4. The average Bonchev–Trinajstić information content (AvgIpc) is 2.64. The largest absolute Gasteiger partial charge is 0.481 e. The smallest absolute Gasteiger partial charge is 0.308 e. The highest BCUT2D eigenvalue weighted by Crippen LogP contribution is 2.25. The van der Waals surface area contributed by atoms with Gasteiger partial charge in [-0.05, 0) is 19.3 Å². The normalized spacial score (nSPS) is 16.9. The second kappa shape index (κ2) is 5.62. The summed E-state index contributed by atoms with van der Waals surface area (Å²) >= 11 is 0. The van der Waals surface area contributed by atoms with Gasteiger partial charge in [0.05, 0.1) is 12.5 Å². The fourth-order valence-corrected chi connectivity index (χ4v) is 1.68. The molecule has 0 aliphatic heterocycles. The van der Waals surface area contributed by atoms with Gasteiger partial charge in [-0.15, -0.1) is 0 Å². The number of carbonyl (C=O) groups excluding carboxylic acids is 1. The topological polar surface area (TPSA) is 63.6 Å². The number of carbonyl (C=O) groups is 2. The minimum atomic E-state index is -0.845. The third-order valence-electron chi connectivity index (χ3n) is 2.47. The number of esters is 1. The van der Waals surface area contributed by atoms with Crippen molar-refractivity contribution in [3.05, 3.63) is 0 Å². The molecule has 4 nitrogen and oxygen atoms in total. The molecule has 4 heteroatoms. The first kappa shape index (κ1) is 11.0. The van der Waals surface area contributed by atoms with Crippen LogP contribution in [0.1, 0.15) is 38.5 Å². The van der Waals surface area contributed by atoms with Crippen LogP contribution in [-0.4, -0.2) is 23.7 Å². The summed E-state index contributed by atoms with van der Waals surface area (Å²) in [6.45, 7) is 0.238. The predicted molar refractivity (Wildman–Crippen MR) is 49.8 cm³/mol. The van der Waals surface area contributed by atoms with E-state index < -0.39 is 5.97 Å². The maximum atomic E-state index is 11.3. The highest BCUT2D eigenvalue weighted by molar-refractivity contribution is 5.72. The lowest BCUT2D eigenvalue weighted by molar-refractivity contribution is -0.149. The van der Waals surface area contributed by atoms with Crippen LogP contribution in [0.5, 0.6) is 0 Å². The van der Waals surface area contributed by atoms with Crippen molar-refractivity contribution < 1.29 is 19.4 Å². The summed E-state index contributed by atoms with van der Waals surface area (Å²) in [5, 5.41) is 8.35. The van der Waals surface area contributed by atoms with Gasteiger partial charge in [0.1, 0.15) is 0 Å². The summed E-state index contributed by atoms with van der Waals surface area (Å²) in [7, 11) is 0. The third kappa shape index (κ3) is 3.77. The van der Waals surface area contributed by atoms with Crippen LogP contribution in [0.4, 0.5) is 0 Å². The van der Waals surface area contributed by atoms with Crippen LogP contribution < -0.4 is 0 Å². The average molecular weight is 200 g/mol. The molecule has 0 saturated heterocycles. The second-order valence-electron chi connectivity index (χ2n) is 3.65. The van der Waals surface area contributed by atoms with Gasteiger partial charge in [0, 0.05) is 6.42 Å². The van der Waals surface area contributed by atoms with Crippen molar-refractivity contribution in [2.24, 2.45) is 5.92 Å². The highest BCUT2D eigenvalue weighted by Gasteiger charge is 2.23. The summed E-state index contributed by atoms with van der Waals surface area (Å²) in [6.07, 6.45) is 4.55. The number of carboxylic acid groups (broad SMARTS) is 1. The molecule has 1 fully saturated rings. The Balaban J connectivity index is 2.05. The Morgan fingerprint density at radius 1 is 1.29 bits per heavy atom. The van der Waals surface area contributed by atoms with Crippen LogP contribution in [-0.2, 0) is 14.3 Å². The first-order valence-corrected chi connectivity index (χ1v) is 5.08. The first-order chi connectivity index (χ1) is 6.70. The van der Waals surface area contributed by atoms with Crippen LogP contribution in [0, 0.1) is 5.92 Å². The Kier molecular flexibility index (Phi) is 4.43. The van der Waals surface area contributed by atoms with Crippen LogP contribution in [0.25, 0.3) is 0 Å². The highest BCUT2D eigenvalue weighted by atomic mass is 16.5. The van der Waals surface area contributed by atoms with E-state index in [4.69, 9.17) is 9.84 Å². The molecule has 0 aromatic carbocycles. The second-order valence-corrected chi connectivity index (χ2v) is 3.65. The molecule has 1 aliphatic rings. The van der Waals surface area contributed by atoms with E-state index in [1.807, 2.05) is 0 Å². The van der Waals surface area contributed by atoms with E-state index >= 15 is 0 Å². The fourth-order valence-electron chi connectivity index (χ4n) is 1.68. The van der Waals surface area contributed by atoms with E-state index in [-0.39, 0.29) is 24.9 Å². The predicted octanol–water partition coefficient (Wildman–Crippen LogP) is 1.58. The van der Waals surface area contributed by atoms with Crippen molar-refractivity contribution in [2.75, 3.05) is 6.61 Å². The first-order valence-electron chi connectivity index (χ1n) is 5.08. The standard InChI is InChI=1S/C10H16O4/c11-9(12)6-3-7-14-10(13)8-4-1-2-5-8/h8H,1-7H2,(H,11,12). The fraction of sp³-hybridized carbons (Fsp3) is 0.800. The molecule has 14 heavy (non-hydrogen) atoms. The van der Waals surface area contributed by atoms with Gasteiger partial charge in [-0.1, -0.05) is 12.8 Å². The molecule has 0 atom stereocenters.